The fraction of sp³-hybridized carbons (Fsp3) is 0.333. The normalized spacial score (nSPS) is 19.1. The Kier molecular flexibility index (Phi) is 9.42. The molecule has 0 radical (unpaired) electrons. The van der Waals surface area contributed by atoms with Gasteiger partial charge in [-0.25, -0.2) is 0 Å². The van der Waals surface area contributed by atoms with Gasteiger partial charge in [-0.05, 0) is 182 Å². The average molecular weight is 836 g/mol. The van der Waals surface area contributed by atoms with Crippen molar-refractivity contribution < 1.29 is 0 Å². The first kappa shape index (κ1) is 41.1. The van der Waals surface area contributed by atoms with Gasteiger partial charge in [-0.2, -0.15) is 0 Å². The molecule has 1 nitrogen and oxygen atoms in total. The van der Waals surface area contributed by atoms with E-state index in [0.29, 0.717) is 0 Å². The summed E-state index contributed by atoms with van der Waals surface area (Å²) in [6.45, 7) is 19.7. The van der Waals surface area contributed by atoms with Crippen LogP contribution in [0.5, 0.6) is 0 Å². The molecule has 0 bridgehead atoms. The summed E-state index contributed by atoms with van der Waals surface area (Å²) in [5, 5.41) is 0. The molecule has 7 aromatic rings. The quantitative estimate of drug-likeness (QED) is 0.161. The smallest absolute Gasteiger partial charge is 0.0714 e. The van der Waals surface area contributed by atoms with Crippen molar-refractivity contribution in [3.05, 3.63) is 207 Å². The number of nitrogens with zero attached hydrogens (tertiary/aromatic N) is 1. The van der Waals surface area contributed by atoms with Crippen LogP contribution in [0.15, 0.2) is 152 Å². The van der Waals surface area contributed by atoms with Crippen molar-refractivity contribution in [3.8, 4) is 22.3 Å². The summed E-state index contributed by atoms with van der Waals surface area (Å²) < 4.78 is 0. The van der Waals surface area contributed by atoms with E-state index >= 15 is 0 Å². The SMILES string of the molecule is CC1(C)CCC(C)(C)c2cc(N(c3ccc4c(c3)C(C)(C)CCC4(C)C)c3cc4c(cc3-c3ccc5c(c3)CCCC5)-c3ccccc3C4(c3ccccc3)c3ccccc3)ccc21. The fourth-order valence-corrected chi connectivity index (χ4v) is 12.7. The minimum atomic E-state index is -0.521. The molecule has 0 aromatic heterocycles. The van der Waals surface area contributed by atoms with E-state index in [0.717, 1.165) is 6.42 Å². The molecule has 322 valence electrons. The Hall–Kier alpha value is -5.66. The van der Waals surface area contributed by atoms with Crippen LogP contribution in [-0.2, 0) is 39.9 Å². The predicted octanol–water partition coefficient (Wildman–Crippen LogP) is 16.8. The maximum atomic E-state index is 2.68. The topological polar surface area (TPSA) is 3.24 Å². The molecule has 0 heterocycles. The Labute approximate surface area is 383 Å². The first-order valence-corrected chi connectivity index (χ1v) is 24.3. The van der Waals surface area contributed by atoms with Gasteiger partial charge in [0.1, 0.15) is 0 Å². The molecule has 7 aromatic carbocycles. The monoisotopic (exact) mass is 836 g/mol. The Morgan fingerprint density at radius 3 is 1.42 bits per heavy atom. The second-order valence-corrected chi connectivity index (χ2v) is 22.5. The van der Waals surface area contributed by atoms with Gasteiger partial charge >= 0.3 is 0 Å². The third-order valence-corrected chi connectivity index (χ3v) is 16.7. The molecule has 0 saturated heterocycles. The lowest BCUT2D eigenvalue weighted by atomic mass is 9.63. The van der Waals surface area contributed by atoms with Gasteiger partial charge in [0.05, 0.1) is 11.1 Å². The highest BCUT2D eigenvalue weighted by Crippen LogP contribution is 2.60. The molecule has 0 aliphatic heterocycles. The predicted molar refractivity (Wildman–Crippen MR) is 271 cm³/mol. The molecule has 0 fully saturated rings. The maximum Gasteiger partial charge on any atom is 0.0714 e. The summed E-state index contributed by atoms with van der Waals surface area (Å²) in [5.74, 6) is 0. The van der Waals surface area contributed by atoms with Crippen LogP contribution in [0, 0.1) is 0 Å². The first-order valence-electron chi connectivity index (χ1n) is 24.3. The van der Waals surface area contributed by atoms with Gasteiger partial charge in [-0.1, -0.05) is 171 Å². The average Bonchev–Trinajstić information content (AvgIpc) is 3.60. The molecule has 4 aliphatic carbocycles. The van der Waals surface area contributed by atoms with Gasteiger partial charge < -0.3 is 4.90 Å². The molecule has 0 atom stereocenters. The van der Waals surface area contributed by atoms with Crippen molar-refractivity contribution in [1.82, 2.24) is 0 Å². The van der Waals surface area contributed by atoms with Gasteiger partial charge in [0.25, 0.3) is 0 Å². The van der Waals surface area contributed by atoms with Crippen LogP contribution < -0.4 is 4.90 Å². The Bertz CT molecular complexity index is 2820. The van der Waals surface area contributed by atoms with E-state index in [1.165, 1.54) is 140 Å². The van der Waals surface area contributed by atoms with E-state index in [2.05, 4.69) is 212 Å². The van der Waals surface area contributed by atoms with Crippen molar-refractivity contribution in [2.45, 2.75) is 134 Å². The van der Waals surface area contributed by atoms with Crippen molar-refractivity contribution in [3.63, 3.8) is 0 Å². The molecule has 64 heavy (non-hydrogen) atoms. The number of fused-ring (bicyclic) bond motifs is 6. The summed E-state index contributed by atoms with van der Waals surface area (Å²) in [4.78, 5) is 2.68. The van der Waals surface area contributed by atoms with Crippen LogP contribution in [0.3, 0.4) is 0 Å². The lowest BCUT2D eigenvalue weighted by molar-refractivity contribution is 0.332. The fourth-order valence-electron chi connectivity index (χ4n) is 12.7. The zero-order chi connectivity index (χ0) is 44.2. The van der Waals surface area contributed by atoms with Crippen LogP contribution in [0.4, 0.5) is 17.1 Å². The van der Waals surface area contributed by atoms with E-state index < -0.39 is 5.41 Å². The number of hydrogen-bond acceptors (Lipinski definition) is 1. The van der Waals surface area contributed by atoms with Gasteiger partial charge in [0, 0.05) is 16.9 Å². The number of anilines is 3. The summed E-state index contributed by atoms with van der Waals surface area (Å²) in [5.41, 5.74) is 23.0. The van der Waals surface area contributed by atoms with Gasteiger partial charge in [0.15, 0.2) is 0 Å². The zero-order valence-electron chi connectivity index (χ0n) is 39.5. The number of aryl methyl sites for hydroxylation is 2. The van der Waals surface area contributed by atoms with Crippen LogP contribution in [-0.4, -0.2) is 0 Å². The number of rotatable bonds is 6. The molecule has 11 rings (SSSR count). The third-order valence-electron chi connectivity index (χ3n) is 16.7. The minimum absolute atomic E-state index is 0.0606. The number of hydrogen-bond donors (Lipinski definition) is 0. The second-order valence-electron chi connectivity index (χ2n) is 22.5. The Balaban J connectivity index is 1.27. The van der Waals surface area contributed by atoms with E-state index in [1.54, 1.807) is 0 Å². The van der Waals surface area contributed by atoms with E-state index in [4.69, 9.17) is 0 Å². The van der Waals surface area contributed by atoms with Crippen LogP contribution in [0.2, 0.25) is 0 Å². The van der Waals surface area contributed by atoms with Crippen LogP contribution in [0.1, 0.15) is 150 Å². The molecular weight excluding hydrogens is 771 g/mol. The van der Waals surface area contributed by atoms with E-state index in [9.17, 15) is 0 Å². The lowest BCUT2D eigenvalue weighted by Gasteiger charge is -2.43. The highest BCUT2D eigenvalue weighted by Gasteiger charge is 2.47. The van der Waals surface area contributed by atoms with Crippen LogP contribution >= 0.6 is 0 Å². The van der Waals surface area contributed by atoms with Gasteiger partial charge in [-0.15, -0.1) is 0 Å². The molecule has 0 N–H and O–H groups in total. The lowest BCUT2D eigenvalue weighted by Crippen LogP contribution is -2.34. The summed E-state index contributed by atoms with van der Waals surface area (Å²) in [7, 11) is 0. The molecule has 0 saturated carbocycles. The van der Waals surface area contributed by atoms with E-state index in [-0.39, 0.29) is 21.7 Å². The van der Waals surface area contributed by atoms with Gasteiger partial charge in [-0.3, -0.25) is 0 Å². The highest BCUT2D eigenvalue weighted by atomic mass is 15.1. The van der Waals surface area contributed by atoms with Gasteiger partial charge in [0.2, 0.25) is 0 Å². The molecule has 0 amide bonds. The Morgan fingerprint density at radius 2 is 0.859 bits per heavy atom. The summed E-state index contributed by atoms with van der Waals surface area (Å²) in [6, 6.07) is 59.6. The maximum absolute atomic E-state index is 2.68. The highest BCUT2D eigenvalue weighted by molar-refractivity contribution is 5.97. The largest absolute Gasteiger partial charge is 0.310 e. The zero-order valence-corrected chi connectivity index (χ0v) is 39.5. The Morgan fingerprint density at radius 1 is 0.359 bits per heavy atom. The molecular formula is C63H65N. The molecule has 1 heteroatoms. The minimum Gasteiger partial charge on any atom is -0.310 e. The van der Waals surface area contributed by atoms with Crippen molar-refractivity contribution in [1.29, 1.82) is 0 Å². The second kappa shape index (κ2) is 14.7. The summed E-state index contributed by atoms with van der Waals surface area (Å²) >= 11 is 0. The summed E-state index contributed by atoms with van der Waals surface area (Å²) in [6.07, 6.45) is 9.59. The van der Waals surface area contributed by atoms with Crippen molar-refractivity contribution in [2.75, 3.05) is 4.90 Å². The van der Waals surface area contributed by atoms with Crippen molar-refractivity contribution in [2.24, 2.45) is 0 Å². The standard InChI is InChI=1S/C63H65N/c1-59(2)33-35-61(5,6)56-38-47(29-31-53(56)59)64(48-30-32-54-57(39-48)62(7,8)36-34-60(54,3)4)58-41-55-51(40-50(58)44-28-27-42-19-15-16-20-43(42)37-44)49-25-17-18-26-52(49)63(55,45-21-11-9-12-22-45)46-23-13-10-14-24-46/h9-14,17-18,21-32,37-41H,15-16,19-20,33-36H2,1-8H3. The third kappa shape index (κ3) is 6.31. The van der Waals surface area contributed by atoms with Crippen LogP contribution in [0.25, 0.3) is 22.3 Å². The molecule has 0 spiro atoms. The first-order chi connectivity index (χ1) is 30.7. The van der Waals surface area contributed by atoms with E-state index in [1.807, 2.05) is 0 Å². The molecule has 4 aliphatic rings. The number of benzene rings is 7. The van der Waals surface area contributed by atoms with Crippen molar-refractivity contribution >= 4 is 17.1 Å². The molecule has 0 unspecified atom stereocenters.